The quantitative estimate of drug-likeness (QED) is 0.695. The second-order valence-corrected chi connectivity index (χ2v) is 7.80. The van der Waals surface area contributed by atoms with Gasteiger partial charge in [-0.25, -0.2) is 0 Å². The van der Waals surface area contributed by atoms with E-state index < -0.39 is 0 Å². The van der Waals surface area contributed by atoms with Crippen molar-refractivity contribution in [2.75, 3.05) is 32.7 Å². The number of nitrogens with one attached hydrogen (secondary N) is 1. The van der Waals surface area contributed by atoms with Gasteiger partial charge in [0.2, 0.25) is 0 Å². The van der Waals surface area contributed by atoms with E-state index in [0.717, 1.165) is 32.8 Å². The summed E-state index contributed by atoms with van der Waals surface area (Å²) < 4.78 is 2.03. The fraction of sp³-hybridized carbons (Fsp3) is 0.850. The molecule has 2 atom stereocenters. The molecule has 1 N–H and O–H groups in total. The van der Waals surface area contributed by atoms with Crippen LogP contribution in [0.15, 0.2) is 18.5 Å². The van der Waals surface area contributed by atoms with E-state index in [1.54, 1.807) is 0 Å². The first-order chi connectivity index (χ1) is 12.2. The van der Waals surface area contributed by atoms with Gasteiger partial charge in [-0.05, 0) is 32.9 Å². The average molecular weight is 350 g/mol. The van der Waals surface area contributed by atoms with Gasteiger partial charge in [-0.3, -0.25) is 9.58 Å². The lowest BCUT2D eigenvalue weighted by Crippen LogP contribution is -2.44. The van der Waals surface area contributed by atoms with E-state index in [1.807, 2.05) is 16.9 Å². The number of nitrogens with zero attached hydrogens (tertiary/aromatic N) is 4. The third-order valence-electron chi connectivity index (χ3n) is 5.10. The monoisotopic (exact) mass is 349 g/mol. The summed E-state index contributed by atoms with van der Waals surface area (Å²) in [6.07, 6.45) is 12.2. The molecular formula is C20H39N5. The molecule has 5 heteroatoms. The summed E-state index contributed by atoms with van der Waals surface area (Å²) in [6.45, 7) is 13.6. The Morgan fingerprint density at radius 1 is 0.960 bits per heavy atom. The Kier molecular flexibility index (Phi) is 9.51. The number of rotatable bonds is 9. The van der Waals surface area contributed by atoms with Crippen molar-refractivity contribution in [3.63, 3.8) is 0 Å². The van der Waals surface area contributed by atoms with Gasteiger partial charge >= 0.3 is 0 Å². The second kappa shape index (κ2) is 11.7. The minimum atomic E-state index is 0.513. The van der Waals surface area contributed by atoms with Crippen molar-refractivity contribution in [2.45, 2.75) is 78.0 Å². The van der Waals surface area contributed by atoms with E-state index in [2.05, 4.69) is 47.2 Å². The van der Waals surface area contributed by atoms with Gasteiger partial charge < -0.3 is 10.2 Å². The van der Waals surface area contributed by atoms with E-state index in [-0.39, 0.29) is 0 Å². The third-order valence-corrected chi connectivity index (χ3v) is 5.10. The van der Waals surface area contributed by atoms with E-state index in [0.29, 0.717) is 12.1 Å². The van der Waals surface area contributed by atoms with Gasteiger partial charge in [0, 0.05) is 50.7 Å². The molecule has 0 spiro atoms. The summed E-state index contributed by atoms with van der Waals surface area (Å²) >= 11 is 0. The molecule has 1 aliphatic heterocycles. The molecule has 0 aromatic carbocycles. The standard InChI is InChI=1S/C20H39N5/c1-4-5-6-7-8-9-12-23-14-15-24(18-25-13-10-11-21-25)17-20(3)22-19(2)16-23/h10-11,13,19-20,22H,4-9,12,14-18H2,1-3H3. The van der Waals surface area contributed by atoms with Crippen molar-refractivity contribution in [1.82, 2.24) is 24.9 Å². The highest BCUT2D eigenvalue weighted by molar-refractivity contribution is 4.80. The molecule has 2 rings (SSSR count). The summed E-state index contributed by atoms with van der Waals surface area (Å²) in [6, 6.07) is 3.07. The zero-order valence-corrected chi connectivity index (χ0v) is 16.7. The van der Waals surface area contributed by atoms with E-state index in [4.69, 9.17) is 0 Å². The van der Waals surface area contributed by atoms with Crippen LogP contribution in [0.4, 0.5) is 0 Å². The summed E-state index contributed by atoms with van der Waals surface area (Å²) in [4.78, 5) is 5.18. The molecule has 2 heterocycles. The molecule has 0 bridgehead atoms. The Morgan fingerprint density at radius 2 is 1.64 bits per heavy atom. The van der Waals surface area contributed by atoms with Crippen LogP contribution >= 0.6 is 0 Å². The second-order valence-electron chi connectivity index (χ2n) is 7.80. The van der Waals surface area contributed by atoms with Crippen molar-refractivity contribution in [3.05, 3.63) is 18.5 Å². The van der Waals surface area contributed by atoms with Gasteiger partial charge in [0.25, 0.3) is 0 Å². The van der Waals surface area contributed by atoms with Gasteiger partial charge in [-0.2, -0.15) is 5.10 Å². The average Bonchev–Trinajstić information content (AvgIpc) is 3.08. The first kappa shape index (κ1) is 20.4. The molecule has 1 aromatic heterocycles. The largest absolute Gasteiger partial charge is 0.309 e. The maximum atomic E-state index is 4.37. The van der Waals surface area contributed by atoms with Crippen LogP contribution in [0.2, 0.25) is 0 Å². The zero-order chi connectivity index (χ0) is 17.9. The Bertz CT molecular complexity index is 433. The van der Waals surface area contributed by atoms with Crippen molar-refractivity contribution in [1.29, 1.82) is 0 Å². The molecule has 144 valence electrons. The predicted molar refractivity (Wildman–Crippen MR) is 106 cm³/mol. The maximum absolute atomic E-state index is 4.37. The molecule has 1 aromatic rings. The summed E-state index contributed by atoms with van der Waals surface area (Å²) in [7, 11) is 0. The van der Waals surface area contributed by atoms with Gasteiger partial charge in [-0.15, -0.1) is 0 Å². The highest BCUT2D eigenvalue weighted by atomic mass is 15.4. The van der Waals surface area contributed by atoms with Crippen LogP contribution in [0.1, 0.15) is 59.3 Å². The van der Waals surface area contributed by atoms with Gasteiger partial charge in [0.1, 0.15) is 0 Å². The fourth-order valence-electron chi connectivity index (χ4n) is 3.87. The smallest absolute Gasteiger partial charge is 0.0929 e. The van der Waals surface area contributed by atoms with Crippen LogP contribution in [0.5, 0.6) is 0 Å². The lowest BCUT2D eigenvalue weighted by atomic mass is 10.1. The van der Waals surface area contributed by atoms with E-state index in [9.17, 15) is 0 Å². The van der Waals surface area contributed by atoms with Crippen molar-refractivity contribution >= 4 is 0 Å². The van der Waals surface area contributed by atoms with Crippen molar-refractivity contribution in [3.8, 4) is 0 Å². The molecule has 0 aliphatic carbocycles. The molecule has 2 unspecified atom stereocenters. The van der Waals surface area contributed by atoms with E-state index >= 15 is 0 Å². The van der Waals surface area contributed by atoms with Gasteiger partial charge in [0.15, 0.2) is 0 Å². The Morgan fingerprint density at radius 3 is 2.36 bits per heavy atom. The minimum absolute atomic E-state index is 0.513. The molecule has 1 fully saturated rings. The Hall–Kier alpha value is -0.910. The molecule has 0 saturated carbocycles. The van der Waals surface area contributed by atoms with Crippen LogP contribution in [0, 0.1) is 0 Å². The molecule has 1 saturated heterocycles. The Labute approximate surface area is 154 Å². The maximum Gasteiger partial charge on any atom is 0.0929 e. The van der Waals surface area contributed by atoms with Crippen LogP contribution in [-0.2, 0) is 6.67 Å². The molecule has 5 nitrogen and oxygen atoms in total. The molecule has 0 amide bonds. The van der Waals surface area contributed by atoms with Crippen LogP contribution in [0.3, 0.4) is 0 Å². The van der Waals surface area contributed by atoms with Crippen molar-refractivity contribution < 1.29 is 0 Å². The SMILES string of the molecule is CCCCCCCCN1CCN(Cn2cccn2)CC(C)NC(C)C1. The first-order valence-corrected chi connectivity index (χ1v) is 10.4. The highest BCUT2D eigenvalue weighted by Gasteiger charge is 2.19. The molecule has 25 heavy (non-hydrogen) atoms. The minimum Gasteiger partial charge on any atom is -0.309 e. The van der Waals surface area contributed by atoms with Crippen LogP contribution in [0.25, 0.3) is 0 Å². The summed E-state index contributed by atoms with van der Waals surface area (Å²) in [5.74, 6) is 0. The number of aromatic nitrogens is 2. The molecule has 1 aliphatic rings. The number of hydrogen-bond donors (Lipinski definition) is 1. The summed E-state index contributed by atoms with van der Waals surface area (Å²) in [5, 5.41) is 8.14. The third kappa shape index (κ3) is 8.34. The highest BCUT2D eigenvalue weighted by Crippen LogP contribution is 2.08. The lowest BCUT2D eigenvalue weighted by molar-refractivity contribution is 0.169. The van der Waals surface area contributed by atoms with E-state index in [1.165, 1.54) is 45.1 Å². The first-order valence-electron chi connectivity index (χ1n) is 10.4. The van der Waals surface area contributed by atoms with Crippen LogP contribution < -0.4 is 5.32 Å². The molecular weight excluding hydrogens is 310 g/mol. The number of unbranched alkanes of at least 4 members (excludes halogenated alkanes) is 5. The predicted octanol–water partition coefficient (Wildman–Crippen LogP) is 3.19. The normalized spacial score (nSPS) is 24.0. The van der Waals surface area contributed by atoms with Crippen molar-refractivity contribution in [2.24, 2.45) is 0 Å². The van der Waals surface area contributed by atoms with Gasteiger partial charge in [0.05, 0.1) is 6.67 Å². The zero-order valence-electron chi connectivity index (χ0n) is 16.7. The fourth-order valence-corrected chi connectivity index (χ4v) is 3.87. The number of hydrogen-bond acceptors (Lipinski definition) is 4. The topological polar surface area (TPSA) is 36.3 Å². The lowest BCUT2D eigenvalue weighted by Gasteiger charge is -2.27. The Balaban J connectivity index is 1.79. The molecule has 0 radical (unpaired) electrons. The van der Waals surface area contributed by atoms with Gasteiger partial charge in [-0.1, -0.05) is 39.0 Å². The summed E-state index contributed by atoms with van der Waals surface area (Å²) in [5.41, 5.74) is 0. The van der Waals surface area contributed by atoms with Crippen LogP contribution in [-0.4, -0.2) is 64.4 Å².